The van der Waals surface area contributed by atoms with Crippen molar-refractivity contribution >= 4 is 38.6 Å². The van der Waals surface area contributed by atoms with E-state index in [2.05, 4.69) is 20.4 Å². The average molecular weight is 308 g/mol. The predicted molar refractivity (Wildman–Crippen MR) is 83.5 cm³/mol. The van der Waals surface area contributed by atoms with Gasteiger partial charge in [0.05, 0.1) is 10.4 Å². The summed E-state index contributed by atoms with van der Waals surface area (Å²) in [6, 6.07) is 0. The van der Waals surface area contributed by atoms with Crippen LogP contribution in [0.3, 0.4) is 0 Å². The van der Waals surface area contributed by atoms with Gasteiger partial charge in [0, 0.05) is 38.8 Å². The zero-order chi connectivity index (χ0) is 14.1. The van der Waals surface area contributed by atoms with Crippen LogP contribution in [-0.2, 0) is 14.1 Å². The molecule has 3 aromatic heterocycles. The van der Waals surface area contributed by atoms with Crippen LogP contribution in [0.25, 0.3) is 10.3 Å². The van der Waals surface area contributed by atoms with Gasteiger partial charge >= 0.3 is 0 Å². The number of nitrogens with zero attached hydrogens (tertiary/aromatic N) is 5. The highest BCUT2D eigenvalue weighted by Crippen LogP contribution is 2.28. The molecule has 0 aromatic carbocycles. The molecular formula is C12H16N6S2. The Kier molecular flexibility index (Phi) is 3.66. The minimum atomic E-state index is 0.865. The Morgan fingerprint density at radius 3 is 2.95 bits per heavy atom. The third-order valence-corrected chi connectivity index (χ3v) is 5.10. The zero-order valence-electron chi connectivity index (χ0n) is 11.6. The van der Waals surface area contributed by atoms with Gasteiger partial charge < -0.3 is 9.88 Å². The third-order valence-electron chi connectivity index (χ3n) is 2.93. The van der Waals surface area contributed by atoms with Crippen molar-refractivity contribution in [3.8, 4) is 0 Å². The highest BCUT2D eigenvalue weighted by molar-refractivity contribution is 7.99. The number of aryl methyl sites for hydroxylation is 3. The molecule has 0 unspecified atom stereocenters. The van der Waals surface area contributed by atoms with Crippen molar-refractivity contribution in [1.82, 2.24) is 24.3 Å². The molecular weight excluding hydrogens is 292 g/mol. The fraction of sp³-hybridized carbons (Fsp3) is 0.417. The molecule has 0 aliphatic heterocycles. The lowest BCUT2D eigenvalue weighted by Gasteiger charge is -2.02. The lowest BCUT2D eigenvalue weighted by molar-refractivity contribution is 0.774. The number of fused-ring (bicyclic) bond motifs is 1. The van der Waals surface area contributed by atoms with Gasteiger partial charge in [0.25, 0.3) is 0 Å². The SMILES string of the molecule is Cc1nn(C)c2nc(NCCSc3nccn3C)sc12. The molecule has 3 rings (SSSR count). The van der Waals surface area contributed by atoms with Crippen LogP contribution >= 0.6 is 23.1 Å². The Bertz CT molecular complexity index is 691. The monoisotopic (exact) mass is 308 g/mol. The van der Waals surface area contributed by atoms with Crippen LogP contribution in [-0.4, -0.2) is 36.6 Å². The van der Waals surface area contributed by atoms with Crippen LogP contribution < -0.4 is 5.32 Å². The molecule has 0 aliphatic carbocycles. The minimum Gasteiger partial charge on any atom is -0.361 e. The quantitative estimate of drug-likeness (QED) is 0.579. The van der Waals surface area contributed by atoms with Crippen LogP contribution in [0.15, 0.2) is 17.6 Å². The van der Waals surface area contributed by atoms with Crippen LogP contribution in [0.2, 0.25) is 0 Å². The molecule has 6 nitrogen and oxygen atoms in total. The number of thiazole rings is 1. The first kappa shape index (κ1) is 13.4. The second-order valence-electron chi connectivity index (χ2n) is 4.48. The number of hydrogen-bond donors (Lipinski definition) is 1. The summed E-state index contributed by atoms with van der Waals surface area (Å²) < 4.78 is 5.01. The Balaban J connectivity index is 1.57. The number of thioether (sulfide) groups is 1. The molecule has 3 aromatic rings. The maximum Gasteiger partial charge on any atom is 0.185 e. The summed E-state index contributed by atoms with van der Waals surface area (Å²) in [5.41, 5.74) is 1.99. The topological polar surface area (TPSA) is 60.6 Å². The summed E-state index contributed by atoms with van der Waals surface area (Å²) in [7, 11) is 3.93. The van der Waals surface area contributed by atoms with Gasteiger partial charge in [-0.3, -0.25) is 0 Å². The van der Waals surface area contributed by atoms with Crippen molar-refractivity contribution in [3.63, 3.8) is 0 Å². The van der Waals surface area contributed by atoms with E-state index in [-0.39, 0.29) is 0 Å². The third kappa shape index (κ3) is 2.53. The lowest BCUT2D eigenvalue weighted by atomic mass is 10.5. The Labute approximate surface area is 125 Å². The average Bonchev–Trinajstić information content (AvgIpc) is 3.06. The standard InChI is InChI=1S/C12H16N6S2/c1-8-9-10(18(3)16-8)15-11(20-9)13-5-7-19-12-14-4-6-17(12)2/h4,6H,5,7H2,1-3H3,(H,13,15). The van der Waals surface area contributed by atoms with Crippen LogP contribution in [0.4, 0.5) is 5.13 Å². The highest BCUT2D eigenvalue weighted by atomic mass is 32.2. The maximum atomic E-state index is 4.56. The van der Waals surface area contributed by atoms with Crippen molar-refractivity contribution in [2.75, 3.05) is 17.6 Å². The molecule has 8 heteroatoms. The van der Waals surface area contributed by atoms with Crippen molar-refractivity contribution in [3.05, 3.63) is 18.1 Å². The van der Waals surface area contributed by atoms with E-state index in [0.29, 0.717) is 0 Å². The maximum absolute atomic E-state index is 4.56. The van der Waals surface area contributed by atoms with E-state index < -0.39 is 0 Å². The summed E-state index contributed by atoms with van der Waals surface area (Å²) in [5.74, 6) is 0.956. The molecule has 0 bridgehead atoms. The second-order valence-corrected chi connectivity index (χ2v) is 6.54. The molecule has 3 heterocycles. The van der Waals surface area contributed by atoms with Gasteiger partial charge in [0.1, 0.15) is 0 Å². The summed E-state index contributed by atoms with van der Waals surface area (Å²) in [6.45, 7) is 2.88. The van der Waals surface area contributed by atoms with Gasteiger partial charge in [-0.25, -0.2) is 14.6 Å². The first-order valence-corrected chi connectivity index (χ1v) is 8.09. The molecule has 0 saturated carbocycles. The number of hydrogen-bond acceptors (Lipinski definition) is 6. The number of nitrogens with one attached hydrogen (secondary N) is 1. The van der Waals surface area contributed by atoms with Gasteiger partial charge in [-0.1, -0.05) is 23.1 Å². The number of imidazole rings is 1. The molecule has 0 fully saturated rings. The Morgan fingerprint density at radius 2 is 2.25 bits per heavy atom. The predicted octanol–water partition coefficient (Wildman–Crippen LogP) is 2.28. The molecule has 0 atom stereocenters. The van der Waals surface area contributed by atoms with E-state index in [0.717, 1.165) is 38.6 Å². The fourth-order valence-electron chi connectivity index (χ4n) is 1.95. The fourth-order valence-corrected chi connectivity index (χ4v) is 3.70. The molecule has 0 radical (unpaired) electrons. The largest absolute Gasteiger partial charge is 0.361 e. The van der Waals surface area contributed by atoms with Crippen molar-refractivity contribution in [2.24, 2.45) is 14.1 Å². The van der Waals surface area contributed by atoms with Crippen molar-refractivity contribution < 1.29 is 0 Å². The first-order valence-electron chi connectivity index (χ1n) is 6.29. The molecule has 0 saturated heterocycles. The zero-order valence-corrected chi connectivity index (χ0v) is 13.3. The van der Waals surface area contributed by atoms with Crippen molar-refractivity contribution in [1.29, 1.82) is 0 Å². The lowest BCUT2D eigenvalue weighted by Crippen LogP contribution is -2.04. The molecule has 1 N–H and O–H groups in total. The van der Waals surface area contributed by atoms with Crippen LogP contribution in [0, 0.1) is 6.92 Å². The second kappa shape index (κ2) is 5.45. The van der Waals surface area contributed by atoms with Gasteiger partial charge in [-0.2, -0.15) is 5.10 Å². The minimum absolute atomic E-state index is 0.865. The van der Waals surface area contributed by atoms with Gasteiger partial charge in [-0.15, -0.1) is 0 Å². The summed E-state index contributed by atoms with van der Waals surface area (Å²) in [5, 5.41) is 9.71. The summed E-state index contributed by atoms with van der Waals surface area (Å²) in [4.78, 5) is 8.85. The number of anilines is 1. The van der Waals surface area contributed by atoms with E-state index >= 15 is 0 Å². The highest BCUT2D eigenvalue weighted by Gasteiger charge is 2.11. The van der Waals surface area contributed by atoms with E-state index in [9.17, 15) is 0 Å². The number of rotatable bonds is 5. The molecule has 106 valence electrons. The Morgan fingerprint density at radius 1 is 1.40 bits per heavy atom. The van der Waals surface area contributed by atoms with Crippen LogP contribution in [0.5, 0.6) is 0 Å². The molecule has 0 amide bonds. The summed E-state index contributed by atoms with van der Waals surface area (Å²) in [6.07, 6.45) is 3.78. The first-order chi connectivity index (χ1) is 9.65. The van der Waals surface area contributed by atoms with Gasteiger partial charge in [-0.05, 0) is 6.92 Å². The van der Waals surface area contributed by atoms with Gasteiger partial charge in [0.2, 0.25) is 0 Å². The van der Waals surface area contributed by atoms with E-state index in [1.165, 1.54) is 0 Å². The molecule has 20 heavy (non-hydrogen) atoms. The van der Waals surface area contributed by atoms with E-state index in [4.69, 9.17) is 0 Å². The van der Waals surface area contributed by atoms with Crippen molar-refractivity contribution in [2.45, 2.75) is 12.1 Å². The Hall–Kier alpha value is -1.54. The van der Waals surface area contributed by atoms with E-state index in [1.54, 1.807) is 23.1 Å². The normalized spacial score (nSPS) is 11.3. The molecule has 0 aliphatic rings. The van der Waals surface area contributed by atoms with Gasteiger partial charge in [0.15, 0.2) is 15.9 Å². The van der Waals surface area contributed by atoms with E-state index in [1.807, 2.05) is 42.7 Å². The smallest absolute Gasteiger partial charge is 0.185 e. The molecule has 0 spiro atoms. The summed E-state index contributed by atoms with van der Waals surface area (Å²) >= 11 is 3.40. The number of aromatic nitrogens is 5. The van der Waals surface area contributed by atoms with Crippen LogP contribution in [0.1, 0.15) is 5.69 Å².